The van der Waals surface area contributed by atoms with E-state index in [4.69, 9.17) is 14.5 Å². The Labute approximate surface area is 118 Å². The second-order valence-electron chi connectivity index (χ2n) is 4.75. The van der Waals surface area contributed by atoms with Crippen molar-refractivity contribution in [3.05, 3.63) is 18.2 Å². The second-order valence-corrected chi connectivity index (χ2v) is 5.71. The third-order valence-electron chi connectivity index (χ3n) is 3.30. The first-order chi connectivity index (χ1) is 9.10. The maximum Gasteiger partial charge on any atom is 0.161 e. The van der Waals surface area contributed by atoms with Gasteiger partial charge in [0, 0.05) is 11.8 Å². The van der Waals surface area contributed by atoms with Crippen molar-refractivity contribution in [2.45, 2.75) is 25.8 Å². The summed E-state index contributed by atoms with van der Waals surface area (Å²) in [6.45, 7) is 4.34. The molecule has 1 N–H and O–H groups in total. The quantitative estimate of drug-likeness (QED) is 0.918. The molecule has 1 atom stereocenters. The zero-order chi connectivity index (χ0) is 13.9. The van der Waals surface area contributed by atoms with Gasteiger partial charge in [-0.2, -0.15) is 0 Å². The summed E-state index contributed by atoms with van der Waals surface area (Å²) in [7, 11) is 3.31. The van der Waals surface area contributed by atoms with E-state index >= 15 is 0 Å². The number of hydrogen-bond acceptors (Lipinski definition) is 5. The van der Waals surface area contributed by atoms with Gasteiger partial charge in [-0.25, -0.2) is 0 Å². The number of aliphatic imine (C=N–C) groups is 1. The number of benzene rings is 1. The first-order valence-corrected chi connectivity index (χ1v) is 7.30. The van der Waals surface area contributed by atoms with Gasteiger partial charge in [0.1, 0.15) is 11.5 Å². The van der Waals surface area contributed by atoms with Crippen molar-refractivity contribution in [2.75, 3.05) is 25.3 Å². The highest BCUT2D eigenvalue weighted by Crippen LogP contribution is 2.34. The third kappa shape index (κ3) is 3.15. The molecule has 0 amide bonds. The normalized spacial score (nSPS) is 22.0. The van der Waals surface area contributed by atoms with Crippen LogP contribution in [0, 0.1) is 0 Å². The molecule has 2 rings (SSSR count). The second kappa shape index (κ2) is 5.74. The number of ether oxygens (including phenoxy) is 2. The van der Waals surface area contributed by atoms with E-state index in [1.807, 2.05) is 18.2 Å². The number of nitrogens with zero attached hydrogens (tertiary/aromatic N) is 1. The smallest absolute Gasteiger partial charge is 0.161 e. The lowest BCUT2D eigenvalue weighted by Crippen LogP contribution is -2.20. The zero-order valence-corrected chi connectivity index (χ0v) is 12.6. The molecule has 19 heavy (non-hydrogen) atoms. The minimum absolute atomic E-state index is 0.0408. The highest BCUT2D eigenvalue weighted by Gasteiger charge is 2.29. The van der Waals surface area contributed by atoms with Crippen molar-refractivity contribution in [3.8, 4) is 11.5 Å². The van der Waals surface area contributed by atoms with Gasteiger partial charge in [-0.05, 0) is 25.5 Å². The molecule has 0 saturated heterocycles. The molecule has 104 valence electrons. The van der Waals surface area contributed by atoms with Crippen LogP contribution in [0.1, 0.15) is 20.3 Å². The molecule has 1 unspecified atom stereocenters. The molecule has 1 aromatic rings. The first-order valence-electron chi connectivity index (χ1n) is 6.32. The Kier molecular flexibility index (Phi) is 4.24. The summed E-state index contributed by atoms with van der Waals surface area (Å²) >= 11 is 1.74. The van der Waals surface area contributed by atoms with Crippen molar-refractivity contribution in [1.82, 2.24) is 0 Å². The van der Waals surface area contributed by atoms with Crippen LogP contribution in [0.4, 0.5) is 5.69 Å². The minimum Gasteiger partial charge on any atom is -0.497 e. The fourth-order valence-electron chi connectivity index (χ4n) is 1.81. The molecule has 0 saturated carbocycles. The van der Waals surface area contributed by atoms with E-state index in [9.17, 15) is 0 Å². The van der Waals surface area contributed by atoms with Crippen LogP contribution in [0.2, 0.25) is 0 Å². The van der Waals surface area contributed by atoms with Gasteiger partial charge in [-0.1, -0.05) is 18.7 Å². The fourth-order valence-corrected chi connectivity index (χ4v) is 2.99. The fraction of sp³-hybridized carbons (Fsp3) is 0.500. The van der Waals surface area contributed by atoms with Crippen molar-refractivity contribution in [2.24, 2.45) is 4.99 Å². The monoisotopic (exact) mass is 280 g/mol. The summed E-state index contributed by atoms with van der Waals surface area (Å²) in [4.78, 5) is 4.74. The predicted molar refractivity (Wildman–Crippen MR) is 81.8 cm³/mol. The maximum atomic E-state index is 5.35. The van der Waals surface area contributed by atoms with Crippen LogP contribution in [0.5, 0.6) is 11.5 Å². The molecular weight excluding hydrogens is 260 g/mol. The number of rotatable bonds is 4. The number of anilines is 1. The molecule has 1 aromatic carbocycles. The molecule has 0 spiro atoms. The number of nitrogens with one attached hydrogen (secondary N) is 1. The molecule has 0 aromatic heterocycles. The van der Waals surface area contributed by atoms with Crippen LogP contribution in [0.15, 0.2) is 23.2 Å². The van der Waals surface area contributed by atoms with Gasteiger partial charge < -0.3 is 14.8 Å². The van der Waals surface area contributed by atoms with Crippen LogP contribution in [-0.2, 0) is 0 Å². The first kappa shape index (κ1) is 14.1. The van der Waals surface area contributed by atoms with Crippen LogP contribution >= 0.6 is 11.8 Å². The SMILES string of the molecule is CCC1(C)CSC(Nc2cc(OC)ccc2OC)=N1. The molecule has 1 aliphatic rings. The van der Waals surface area contributed by atoms with E-state index in [2.05, 4.69) is 19.2 Å². The lowest BCUT2D eigenvalue weighted by Gasteiger charge is -2.15. The van der Waals surface area contributed by atoms with E-state index in [1.54, 1.807) is 26.0 Å². The molecule has 5 heteroatoms. The van der Waals surface area contributed by atoms with E-state index in [1.165, 1.54) is 0 Å². The van der Waals surface area contributed by atoms with Gasteiger partial charge in [0.05, 0.1) is 25.4 Å². The summed E-state index contributed by atoms with van der Waals surface area (Å²) in [5.41, 5.74) is 0.924. The largest absolute Gasteiger partial charge is 0.497 e. The molecular formula is C14H20N2O2S. The van der Waals surface area contributed by atoms with E-state index in [0.717, 1.165) is 34.5 Å². The molecule has 0 aliphatic carbocycles. The highest BCUT2D eigenvalue weighted by molar-refractivity contribution is 8.14. The molecule has 4 nitrogen and oxygen atoms in total. The molecule has 1 aliphatic heterocycles. The van der Waals surface area contributed by atoms with Crippen molar-refractivity contribution in [3.63, 3.8) is 0 Å². The van der Waals surface area contributed by atoms with Gasteiger partial charge in [0.15, 0.2) is 5.17 Å². The topological polar surface area (TPSA) is 42.8 Å². The molecule has 0 radical (unpaired) electrons. The summed E-state index contributed by atoms with van der Waals surface area (Å²) < 4.78 is 10.6. The third-order valence-corrected chi connectivity index (χ3v) is 4.53. The number of amidine groups is 1. The van der Waals surface area contributed by atoms with Crippen molar-refractivity contribution in [1.29, 1.82) is 0 Å². The van der Waals surface area contributed by atoms with Crippen molar-refractivity contribution < 1.29 is 9.47 Å². The Bertz CT molecular complexity index is 490. The van der Waals surface area contributed by atoms with Gasteiger partial charge in [-0.3, -0.25) is 4.99 Å². The highest BCUT2D eigenvalue weighted by atomic mass is 32.2. The molecule has 0 fully saturated rings. The average Bonchev–Trinajstić information content (AvgIpc) is 2.81. The van der Waals surface area contributed by atoms with E-state index in [-0.39, 0.29) is 5.54 Å². The Morgan fingerprint density at radius 2 is 2.16 bits per heavy atom. The van der Waals surface area contributed by atoms with Crippen LogP contribution < -0.4 is 14.8 Å². The van der Waals surface area contributed by atoms with Crippen LogP contribution in [0.3, 0.4) is 0 Å². The lowest BCUT2D eigenvalue weighted by molar-refractivity contribution is 0.405. The van der Waals surface area contributed by atoms with Gasteiger partial charge in [0.25, 0.3) is 0 Å². The minimum atomic E-state index is 0.0408. The number of thioether (sulfide) groups is 1. The summed E-state index contributed by atoms with van der Waals surface area (Å²) in [5.74, 6) is 2.59. The Morgan fingerprint density at radius 3 is 2.74 bits per heavy atom. The van der Waals surface area contributed by atoms with Gasteiger partial charge in [-0.15, -0.1) is 0 Å². The van der Waals surface area contributed by atoms with Crippen LogP contribution in [0.25, 0.3) is 0 Å². The number of hydrogen-bond donors (Lipinski definition) is 1. The van der Waals surface area contributed by atoms with E-state index < -0.39 is 0 Å². The molecule has 0 bridgehead atoms. The Morgan fingerprint density at radius 1 is 1.37 bits per heavy atom. The number of methoxy groups -OCH3 is 2. The average molecular weight is 280 g/mol. The lowest BCUT2D eigenvalue weighted by atomic mass is 10.0. The van der Waals surface area contributed by atoms with Crippen LogP contribution in [-0.4, -0.2) is 30.7 Å². The predicted octanol–water partition coefficient (Wildman–Crippen LogP) is 3.39. The summed E-state index contributed by atoms with van der Waals surface area (Å²) in [6, 6.07) is 5.69. The summed E-state index contributed by atoms with van der Waals surface area (Å²) in [5, 5.41) is 4.27. The van der Waals surface area contributed by atoms with Gasteiger partial charge in [0.2, 0.25) is 0 Å². The maximum absolute atomic E-state index is 5.35. The van der Waals surface area contributed by atoms with E-state index in [0.29, 0.717) is 0 Å². The summed E-state index contributed by atoms with van der Waals surface area (Å²) in [6.07, 6.45) is 1.04. The Hall–Kier alpha value is -1.36. The molecule has 1 heterocycles. The zero-order valence-electron chi connectivity index (χ0n) is 11.8. The standard InChI is InChI=1S/C14H20N2O2S/c1-5-14(2)9-19-13(16-14)15-11-8-10(17-3)6-7-12(11)18-4/h6-8H,5,9H2,1-4H3,(H,15,16). The Balaban J connectivity index is 2.21. The van der Waals surface area contributed by atoms with Gasteiger partial charge >= 0.3 is 0 Å². The van der Waals surface area contributed by atoms with Crippen molar-refractivity contribution >= 4 is 22.6 Å².